The number of fused-ring (bicyclic) bond motifs is 28. The summed E-state index contributed by atoms with van der Waals surface area (Å²) in [7, 11) is 0. The number of nitrogens with zero attached hydrogens (tertiary/aromatic N) is 6. The quantitative estimate of drug-likeness (QED) is 0.141. The van der Waals surface area contributed by atoms with Crippen LogP contribution in [0.25, 0.3) is 22.3 Å². The Balaban J connectivity index is 0.00000356. The van der Waals surface area contributed by atoms with Crippen LogP contribution in [0.15, 0.2) is 145 Å². The average molecular weight is 918 g/mol. The van der Waals surface area contributed by atoms with Crippen LogP contribution < -0.4 is 9.80 Å². The molecule has 2 aromatic heterocycles. The molecule has 0 saturated carbocycles. The largest absolute Gasteiger partial charge is 4.00 e. The summed E-state index contributed by atoms with van der Waals surface area (Å²) < 4.78 is 0. The first kappa shape index (κ1) is 33.7. The van der Waals surface area contributed by atoms with Gasteiger partial charge in [-0.25, -0.2) is 0 Å². The van der Waals surface area contributed by atoms with E-state index in [4.69, 9.17) is 9.97 Å². The minimum atomic E-state index is -0.722. The van der Waals surface area contributed by atoms with E-state index in [9.17, 15) is 0 Å². The molecule has 0 saturated heterocycles. The maximum atomic E-state index is 5.09. The number of anilines is 2. The van der Waals surface area contributed by atoms with Gasteiger partial charge >= 0.3 is 21.1 Å². The number of hydrogen-bond donors (Lipinski definition) is 0. The summed E-state index contributed by atoms with van der Waals surface area (Å²) >= 11 is 0. The van der Waals surface area contributed by atoms with Gasteiger partial charge in [0.05, 0.1) is 0 Å². The normalized spacial score (nSPS) is 19.8. The number of allylic oxidation sites excluding steroid dienone is 4. The SMILES string of the molecule is [Pt+4].[c-]1c2cncc1C1(c3[c-]c(cnc3)N3[CH-]N(C4=C3CCCC4)C3(c4ccccc4-c4ccccc43)N3[CH-]N2C2=C3CCCC2)c2ccccc2-c2ccccc21. The van der Waals surface area contributed by atoms with E-state index < -0.39 is 11.1 Å². The zero-order valence-electron chi connectivity index (χ0n) is 31.4. The topological polar surface area (TPSA) is 38.7 Å². The van der Waals surface area contributed by atoms with Crippen molar-refractivity contribution in [3.63, 3.8) is 0 Å². The molecule has 4 aliphatic carbocycles. The molecule has 0 amide bonds. The fourth-order valence-corrected chi connectivity index (χ4v) is 11.4. The van der Waals surface area contributed by atoms with Crippen molar-refractivity contribution in [3.8, 4) is 22.3 Å². The molecule has 0 fully saturated rings. The minimum absolute atomic E-state index is 0. The Morgan fingerprint density at radius 3 is 1.26 bits per heavy atom. The average Bonchev–Trinajstić information content (AvgIpc) is 4.01. The number of pyridine rings is 2. The van der Waals surface area contributed by atoms with Crippen LogP contribution in [0.2, 0.25) is 0 Å². The molecule has 0 unspecified atom stereocenters. The van der Waals surface area contributed by atoms with Gasteiger partial charge in [0, 0.05) is 39.3 Å². The first-order valence-electron chi connectivity index (χ1n) is 20.2. The van der Waals surface area contributed by atoms with Gasteiger partial charge in [-0.1, -0.05) is 133 Å². The molecule has 4 aromatic carbocycles. The van der Waals surface area contributed by atoms with E-state index in [2.05, 4.69) is 142 Å². The Morgan fingerprint density at radius 2 is 0.825 bits per heavy atom. The Bertz CT molecular complexity index is 2550. The van der Waals surface area contributed by atoms with Crippen LogP contribution in [0.1, 0.15) is 84.7 Å². The van der Waals surface area contributed by atoms with Crippen molar-refractivity contribution < 1.29 is 21.1 Å². The molecule has 8 bridgehead atoms. The molecule has 0 radical (unpaired) electrons. The van der Waals surface area contributed by atoms with Gasteiger partial charge in [0.1, 0.15) is 5.66 Å². The van der Waals surface area contributed by atoms with E-state index in [0.29, 0.717) is 0 Å². The first-order valence-corrected chi connectivity index (χ1v) is 20.2. The molecule has 7 aliphatic rings. The number of rotatable bonds is 0. The van der Waals surface area contributed by atoms with Crippen molar-refractivity contribution in [1.29, 1.82) is 0 Å². The van der Waals surface area contributed by atoms with Crippen LogP contribution in [0, 0.1) is 25.5 Å². The maximum Gasteiger partial charge on any atom is 4.00 e. The molecule has 0 N–H and O–H groups in total. The molecule has 3 aliphatic heterocycles. The molecule has 6 aromatic rings. The zero-order chi connectivity index (χ0) is 36.6. The first-order chi connectivity index (χ1) is 27.8. The van der Waals surface area contributed by atoms with E-state index in [1.807, 2.05) is 24.8 Å². The van der Waals surface area contributed by atoms with E-state index in [1.54, 1.807) is 0 Å². The molecule has 2 spiro atoms. The summed E-state index contributed by atoms with van der Waals surface area (Å²) in [5.74, 6) is 0. The van der Waals surface area contributed by atoms with Crippen molar-refractivity contribution in [2.24, 2.45) is 0 Å². The smallest absolute Gasteiger partial charge is 0.496 e. The van der Waals surface area contributed by atoms with Crippen LogP contribution in [0.4, 0.5) is 11.4 Å². The van der Waals surface area contributed by atoms with Gasteiger partial charge in [-0.05, 0) is 84.7 Å². The Labute approximate surface area is 348 Å². The second-order valence-electron chi connectivity index (χ2n) is 16.2. The summed E-state index contributed by atoms with van der Waals surface area (Å²) in [6.07, 6.45) is 16.7. The van der Waals surface area contributed by atoms with Crippen LogP contribution in [-0.4, -0.2) is 19.8 Å². The van der Waals surface area contributed by atoms with Gasteiger partial charge in [0.2, 0.25) is 0 Å². The van der Waals surface area contributed by atoms with E-state index >= 15 is 0 Å². The van der Waals surface area contributed by atoms with Crippen molar-refractivity contribution in [2.75, 3.05) is 9.80 Å². The van der Waals surface area contributed by atoms with Crippen molar-refractivity contribution >= 4 is 11.4 Å². The third-order valence-electron chi connectivity index (χ3n) is 13.6. The number of aromatic nitrogens is 2. The molecule has 0 atom stereocenters. The van der Waals surface area contributed by atoms with E-state index in [-0.39, 0.29) is 21.1 Å². The predicted molar refractivity (Wildman–Crippen MR) is 218 cm³/mol. The van der Waals surface area contributed by atoms with Gasteiger partial charge in [-0.2, -0.15) is 12.1 Å². The Hall–Kier alpha value is -5.45. The van der Waals surface area contributed by atoms with Crippen LogP contribution in [-0.2, 0) is 32.1 Å². The van der Waals surface area contributed by atoms with Gasteiger partial charge in [0.25, 0.3) is 0 Å². The van der Waals surface area contributed by atoms with Gasteiger partial charge < -0.3 is 29.6 Å². The van der Waals surface area contributed by atoms with Crippen LogP contribution in [0.5, 0.6) is 0 Å². The summed E-state index contributed by atoms with van der Waals surface area (Å²) in [5, 5.41) is 0. The summed E-state index contributed by atoms with van der Waals surface area (Å²) in [4.78, 5) is 20.4. The van der Waals surface area contributed by atoms with E-state index in [1.165, 1.54) is 67.3 Å². The molecule has 278 valence electrons. The molecular weight excluding hydrogens is 880 g/mol. The minimum Gasteiger partial charge on any atom is -0.496 e. The predicted octanol–water partition coefficient (Wildman–Crippen LogP) is 10.4. The van der Waals surface area contributed by atoms with Crippen molar-refractivity contribution in [3.05, 3.63) is 203 Å². The maximum absolute atomic E-state index is 5.09. The Kier molecular flexibility index (Phi) is 7.25. The monoisotopic (exact) mass is 917 g/mol. The summed E-state index contributed by atoms with van der Waals surface area (Å²) in [5.41, 5.74) is 18.1. The molecular formula is C50H38N6Pt. The second kappa shape index (κ2) is 12.3. The fourth-order valence-electron chi connectivity index (χ4n) is 11.4. The number of benzene rings is 4. The molecule has 6 nitrogen and oxygen atoms in total. The van der Waals surface area contributed by atoms with Crippen LogP contribution in [0.3, 0.4) is 0 Å². The van der Waals surface area contributed by atoms with Crippen molar-refractivity contribution in [2.45, 2.75) is 62.4 Å². The third-order valence-corrected chi connectivity index (χ3v) is 13.6. The molecule has 7 heteroatoms. The second-order valence-corrected chi connectivity index (χ2v) is 16.2. The van der Waals surface area contributed by atoms with Gasteiger partial charge in [-0.3, -0.25) is 0 Å². The zero-order valence-corrected chi connectivity index (χ0v) is 33.6. The number of hydrogen-bond acceptors (Lipinski definition) is 6. The third kappa shape index (κ3) is 4.19. The van der Waals surface area contributed by atoms with Gasteiger partial charge in [0.15, 0.2) is 0 Å². The van der Waals surface area contributed by atoms with Crippen molar-refractivity contribution in [1.82, 2.24) is 19.8 Å². The summed E-state index contributed by atoms with van der Waals surface area (Å²) in [6.45, 7) is 4.82. The standard InChI is InChI=1S/C50H38N6.Pt/c1-5-17-41-37(13-1)38-14-2-6-18-42(38)49(41)33-25-35(29-51-27-33)53-31-55(47-23-11-9-21-45(47)53)50(43-19-7-3-15-39(43)40-16-4-8-20-44(40)50)56-32-54(36-26-34(49)28-52-30-36)46-22-10-12-24-48(46)56;/h1-8,13-20,27-32H,9-12,21-24H2;/q-4;+4. The summed E-state index contributed by atoms with van der Waals surface area (Å²) in [6, 6.07) is 44.1. The Morgan fingerprint density at radius 1 is 0.456 bits per heavy atom. The molecule has 57 heavy (non-hydrogen) atoms. The molecule has 5 heterocycles. The van der Waals surface area contributed by atoms with Gasteiger partial charge in [-0.15, -0.1) is 24.5 Å². The fraction of sp³-hybridized carbons (Fsp3) is 0.200. The van der Waals surface area contributed by atoms with Crippen LogP contribution >= 0.6 is 0 Å². The molecule has 13 rings (SSSR count). The van der Waals surface area contributed by atoms with E-state index in [0.717, 1.165) is 73.9 Å².